The Morgan fingerprint density at radius 2 is 1.79 bits per heavy atom. The number of hydrogen-bond donors (Lipinski definition) is 0. The fourth-order valence-electron chi connectivity index (χ4n) is 3.38. The number of esters is 1. The second-order valence-corrected chi connectivity index (χ2v) is 5.81. The summed E-state index contributed by atoms with van der Waals surface area (Å²) in [4.78, 5) is 25.8. The molecule has 1 amide bonds. The summed E-state index contributed by atoms with van der Waals surface area (Å²) in [6.07, 6.45) is 9.51. The predicted molar refractivity (Wildman–Crippen MR) is 72.6 cm³/mol. The maximum atomic E-state index is 12.3. The number of hydrogen-bond acceptors (Lipinski definition) is 3. The zero-order valence-electron chi connectivity index (χ0n) is 11.9. The Morgan fingerprint density at radius 1 is 1.11 bits per heavy atom. The summed E-state index contributed by atoms with van der Waals surface area (Å²) in [6, 6.07) is -0.338. The van der Waals surface area contributed by atoms with Crippen LogP contribution in [0.15, 0.2) is 0 Å². The number of nitrogens with zero attached hydrogens (tertiary/aromatic N) is 1. The van der Waals surface area contributed by atoms with Crippen LogP contribution in [0.3, 0.4) is 0 Å². The molecule has 2 fully saturated rings. The summed E-state index contributed by atoms with van der Waals surface area (Å²) in [6.45, 7) is 0.712. The molecule has 0 aromatic rings. The normalized spacial score (nSPS) is 24.5. The predicted octanol–water partition coefficient (Wildman–Crippen LogP) is 2.51. The van der Waals surface area contributed by atoms with Gasteiger partial charge in [0.05, 0.1) is 7.11 Å². The van der Waals surface area contributed by atoms with Gasteiger partial charge >= 0.3 is 5.97 Å². The lowest BCUT2D eigenvalue weighted by molar-refractivity contribution is -0.154. The average molecular weight is 267 g/mol. The van der Waals surface area contributed by atoms with Crippen molar-refractivity contribution in [2.75, 3.05) is 13.7 Å². The number of carbonyl (C=O) groups is 2. The first-order valence-corrected chi connectivity index (χ1v) is 7.59. The molecule has 0 aromatic carbocycles. The van der Waals surface area contributed by atoms with E-state index >= 15 is 0 Å². The second-order valence-electron chi connectivity index (χ2n) is 5.81. The largest absolute Gasteiger partial charge is 0.467 e. The maximum Gasteiger partial charge on any atom is 0.328 e. The van der Waals surface area contributed by atoms with E-state index in [1.165, 1.54) is 32.8 Å². The van der Waals surface area contributed by atoms with E-state index in [0.717, 1.165) is 31.6 Å². The van der Waals surface area contributed by atoms with E-state index in [0.29, 0.717) is 13.0 Å². The molecule has 2 aliphatic rings. The molecule has 0 spiro atoms. The Hall–Kier alpha value is -1.06. The van der Waals surface area contributed by atoms with Gasteiger partial charge < -0.3 is 9.64 Å². The zero-order chi connectivity index (χ0) is 13.7. The molecule has 2 rings (SSSR count). The Kier molecular flexibility index (Phi) is 5.23. The molecule has 1 saturated heterocycles. The molecule has 19 heavy (non-hydrogen) atoms. The first kappa shape index (κ1) is 14.4. The van der Waals surface area contributed by atoms with Gasteiger partial charge in [-0.1, -0.05) is 25.7 Å². The van der Waals surface area contributed by atoms with E-state index in [1.807, 2.05) is 0 Å². The lowest BCUT2D eigenvalue weighted by Gasteiger charge is -2.34. The number of methoxy groups -OCH3 is 1. The van der Waals surface area contributed by atoms with Crippen molar-refractivity contribution in [3.8, 4) is 0 Å². The summed E-state index contributed by atoms with van der Waals surface area (Å²) >= 11 is 0. The molecule has 0 aromatic heterocycles. The number of likely N-dealkylation sites (tertiary alicyclic amines) is 1. The van der Waals surface area contributed by atoms with Crippen molar-refractivity contribution in [2.24, 2.45) is 5.92 Å². The van der Waals surface area contributed by atoms with Crippen molar-refractivity contribution in [3.05, 3.63) is 0 Å². The van der Waals surface area contributed by atoms with Gasteiger partial charge in [-0.2, -0.15) is 0 Å². The second kappa shape index (κ2) is 6.92. The number of amides is 1. The smallest absolute Gasteiger partial charge is 0.328 e. The highest BCUT2D eigenvalue weighted by atomic mass is 16.5. The fraction of sp³-hybridized carbons (Fsp3) is 0.867. The Labute approximate surface area is 115 Å². The van der Waals surface area contributed by atoms with Crippen molar-refractivity contribution < 1.29 is 14.3 Å². The summed E-state index contributed by atoms with van der Waals surface area (Å²) in [7, 11) is 1.40. The molecule has 0 bridgehead atoms. The Balaban J connectivity index is 1.85. The van der Waals surface area contributed by atoms with Gasteiger partial charge in [-0.3, -0.25) is 4.79 Å². The highest BCUT2D eigenvalue weighted by molar-refractivity contribution is 5.84. The molecule has 1 unspecified atom stereocenters. The molecular weight excluding hydrogens is 242 g/mol. The van der Waals surface area contributed by atoms with Crippen LogP contribution in [0.1, 0.15) is 57.8 Å². The standard InChI is InChI=1S/C15H25NO3/c1-19-15(18)13-8-4-5-11-16(13)14(17)10-9-12-6-2-3-7-12/h12-13H,2-11H2,1H3. The zero-order valence-corrected chi connectivity index (χ0v) is 11.9. The highest BCUT2D eigenvalue weighted by Crippen LogP contribution is 2.29. The van der Waals surface area contributed by atoms with Crippen LogP contribution < -0.4 is 0 Å². The quantitative estimate of drug-likeness (QED) is 0.735. The molecule has 1 aliphatic heterocycles. The summed E-state index contributed by atoms with van der Waals surface area (Å²) < 4.78 is 4.82. The third-order valence-electron chi connectivity index (χ3n) is 4.54. The molecular formula is C15H25NO3. The SMILES string of the molecule is COC(=O)C1CCCCN1C(=O)CCC1CCCC1. The van der Waals surface area contributed by atoms with Crippen LogP contribution in [-0.4, -0.2) is 36.5 Å². The minimum atomic E-state index is -0.338. The van der Waals surface area contributed by atoms with Gasteiger partial charge in [0.15, 0.2) is 0 Å². The molecule has 0 N–H and O–H groups in total. The first-order valence-electron chi connectivity index (χ1n) is 7.59. The minimum absolute atomic E-state index is 0.141. The van der Waals surface area contributed by atoms with Crippen LogP contribution in [0.2, 0.25) is 0 Å². The van der Waals surface area contributed by atoms with E-state index in [4.69, 9.17) is 4.74 Å². The number of ether oxygens (including phenoxy) is 1. The number of carbonyl (C=O) groups excluding carboxylic acids is 2. The molecule has 1 atom stereocenters. The van der Waals surface area contributed by atoms with Gasteiger partial charge in [-0.05, 0) is 31.6 Å². The van der Waals surface area contributed by atoms with Crippen LogP contribution in [0.25, 0.3) is 0 Å². The molecule has 1 aliphatic carbocycles. The maximum absolute atomic E-state index is 12.3. The highest BCUT2D eigenvalue weighted by Gasteiger charge is 2.32. The number of rotatable bonds is 4. The average Bonchev–Trinajstić information content (AvgIpc) is 2.97. The monoisotopic (exact) mass is 267 g/mol. The van der Waals surface area contributed by atoms with Gasteiger partial charge in [-0.25, -0.2) is 4.79 Å². The van der Waals surface area contributed by atoms with Crippen LogP contribution in [0.4, 0.5) is 0 Å². The van der Waals surface area contributed by atoms with Crippen LogP contribution >= 0.6 is 0 Å². The van der Waals surface area contributed by atoms with E-state index < -0.39 is 0 Å². The van der Waals surface area contributed by atoms with Crippen molar-refractivity contribution in [1.29, 1.82) is 0 Å². The van der Waals surface area contributed by atoms with E-state index in [-0.39, 0.29) is 17.9 Å². The lowest BCUT2D eigenvalue weighted by Crippen LogP contribution is -2.48. The summed E-state index contributed by atoms with van der Waals surface area (Å²) in [5.41, 5.74) is 0. The van der Waals surface area contributed by atoms with Gasteiger partial charge in [0, 0.05) is 13.0 Å². The van der Waals surface area contributed by atoms with Crippen molar-refractivity contribution >= 4 is 11.9 Å². The molecule has 0 radical (unpaired) electrons. The van der Waals surface area contributed by atoms with Crippen LogP contribution in [0, 0.1) is 5.92 Å². The minimum Gasteiger partial charge on any atom is -0.467 e. The molecule has 1 saturated carbocycles. The summed E-state index contributed by atoms with van der Waals surface area (Å²) in [5.74, 6) is 0.612. The Morgan fingerprint density at radius 3 is 2.47 bits per heavy atom. The van der Waals surface area contributed by atoms with Gasteiger partial charge in [0.2, 0.25) is 5.91 Å². The van der Waals surface area contributed by atoms with Crippen LogP contribution in [-0.2, 0) is 14.3 Å². The molecule has 108 valence electrons. The first-order chi connectivity index (χ1) is 9.22. The van der Waals surface area contributed by atoms with E-state index in [2.05, 4.69) is 0 Å². The topological polar surface area (TPSA) is 46.6 Å². The molecule has 4 nitrogen and oxygen atoms in total. The summed E-state index contributed by atoms with van der Waals surface area (Å²) in [5, 5.41) is 0. The van der Waals surface area contributed by atoms with Gasteiger partial charge in [-0.15, -0.1) is 0 Å². The van der Waals surface area contributed by atoms with Crippen molar-refractivity contribution in [3.63, 3.8) is 0 Å². The van der Waals surface area contributed by atoms with Crippen molar-refractivity contribution in [1.82, 2.24) is 4.90 Å². The van der Waals surface area contributed by atoms with Gasteiger partial charge in [0.25, 0.3) is 0 Å². The third kappa shape index (κ3) is 3.71. The molecule has 1 heterocycles. The lowest BCUT2D eigenvalue weighted by atomic mass is 9.98. The van der Waals surface area contributed by atoms with E-state index in [1.54, 1.807) is 4.90 Å². The third-order valence-corrected chi connectivity index (χ3v) is 4.54. The van der Waals surface area contributed by atoms with E-state index in [9.17, 15) is 9.59 Å². The van der Waals surface area contributed by atoms with Crippen molar-refractivity contribution in [2.45, 2.75) is 63.8 Å². The molecule has 4 heteroatoms. The Bertz CT molecular complexity index is 323. The van der Waals surface area contributed by atoms with Gasteiger partial charge in [0.1, 0.15) is 6.04 Å². The van der Waals surface area contributed by atoms with Crippen LogP contribution in [0.5, 0.6) is 0 Å². The fourth-order valence-corrected chi connectivity index (χ4v) is 3.38. The number of piperidine rings is 1.